The molecule has 2 atom stereocenters. The van der Waals surface area contributed by atoms with Gasteiger partial charge in [-0.05, 0) is 18.2 Å². The smallest absolute Gasteiger partial charge is 0.300 e. The number of benzene rings is 1. The molecule has 29 heavy (non-hydrogen) atoms. The summed E-state index contributed by atoms with van der Waals surface area (Å²) in [7, 11) is 0. The normalized spacial score (nSPS) is 21.2. The van der Waals surface area contributed by atoms with Gasteiger partial charge in [0, 0.05) is 29.8 Å². The topological polar surface area (TPSA) is 203 Å². The van der Waals surface area contributed by atoms with Crippen molar-refractivity contribution in [2.75, 3.05) is 37.4 Å². The first-order chi connectivity index (χ1) is 13.7. The fraction of sp³-hybridized carbons (Fsp3) is 0.375. The number of nitrogens with two attached hydrogens (primary N) is 2. The van der Waals surface area contributed by atoms with Crippen LogP contribution in [0.15, 0.2) is 35.0 Å². The molecule has 0 amide bonds. The molecule has 1 aromatic carbocycles. The highest BCUT2D eigenvalue weighted by atomic mass is 35.5. The van der Waals surface area contributed by atoms with Gasteiger partial charge in [-0.15, -0.1) is 0 Å². The van der Waals surface area contributed by atoms with Gasteiger partial charge in [-0.2, -0.15) is 0 Å². The number of hydrogen-bond donors (Lipinski definition) is 6. The second-order valence-corrected chi connectivity index (χ2v) is 6.63. The van der Waals surface area contributed by atoms with Crippen molar-refractivity contribution in [3.05, 3.63) is 60.8 Å². The number of halogens is 1. The zero-order valence-corrected chi connectivity index (χ0v) is 15.9. The summed E-state index contributed by atoms with van der Waals surface area (Å²) in [6, 6.07) is 1.02. The summed E-state index contributed by atoms with van der Waals surface area (Å²) in [6.45, 7) is -0.446. The van der Waals surface area contributed by atoms with Crippen LogP contribution in [-0.4, -0.2) is 52.4 Å². The number of nitro groups is 2. The Morgan fingerprint density at radius 3 is 2.34 bits per heavy atom. The summed E-state index contributed by atoms with van der Waals surface area (Å²) >= 11 is 6.22. The molecule has 1 aliphatic rings. The average Bonchev–Trinajstić information content (AvgIpc) is 2.65. The van der Waals surface area contributed by atoms with Crippen LogP contribution in [0.25, 0.3) is 0 Å². The Labute approximate surface area is 170 Å². The quantitative estimate of drug-likeness (QED) is 0.176. The molecule has 0 bridgehead atoms. The molecule has 0 heterocycles. The van der Waals surface area contributed by atoms with Gasteiger partial charge in [-0.1, -0.05) is 11.6 Å². The molecule has 0 radical (unpaired) electrons. The maximum absolute atomic E-state index is 11.8. The van der Waals surface area contributed by atoms with Gasteiger partial charge in [0.05, 0.1) is 34.4 Å². The van der Waals surface area contributed by atoms with E-state index < -0.39 is 27.1 Å². The number of anilines is 2. The van der Waals surface area contributed by atoms with Crippen molar-refractivity contribution < 1.29 is 20.1 Å². The third-order valence-corrected chi connectivity index (χ3v) is 4.66. The Balaban J connectivity index is 2.72. The Morgan fingerprint density at radius 1 is 1.17 bits per heavy atom. The van der Waals surface area contributed by atoms with Crippen LogP contribution in [0.5, 0.6) is 0 Å². The van der Waals surface area contributed by atoms with E-state index in [-0.39, 0.29) is 54.0 Å². The predicted molar refractivity (Wildman–Crippen MR) is 107 cm³/mol. The van der Waals surface area contributed by atoms with Crippen LogP contribution in [0, 0.1) is 20.2 Å². The molecule has 1 aliphatic carbocycles. The second kappa shape index (κ2) is 9.05. The maximum atomic E-state index is 11.8. The SMILES string of the molecule is Nc1ccc(NCCO)c([N+](=O)[O-])c1C1(N)C=C(Cl)C(NCCO)=CC1[N+](=O)[O-]. The van der Waals surface area contributed by atoms with Gasteiger partial charge in [0.15, 0.2) is 0 Å². The number of rotatable bonds is 9. The number of nitro benzene ring substituents is 1. The van der Waals surface area contributed by atoms with Crippen LogP contribution < -0.4 is 22.1 Å². The molecule has 0 spiro atoms. The summed E-state index contributed by atoms with van der Waals surface area (Å²) in [5, 5.41) is 47.0. The van der Waals surface area contributed by atoms with Gasteiger partial charge >= 0.3 is 0 Å². The zero-order valence-electron chi connectivity index (χ0n) is 15.2. The van der Waals surface area contributed by atoms with Crippen molar-refractivity contribution in [2.45, 2.75) is 11.6 Å². The number of hydrogen-bond acceptors (Lipinski definition) is 10. The summed E-state index contributed by atoms with van der Waals surface area (Å²) < 4.78 is 0. The molecule has 0 aliphatic heterocycles. The second-order valence-electron chi connectivity index (χ2n) is 6.22. The van der Waals surface area contributed by atoms with Crippen LogP contribution in [0.1, 0.15) is 5.56 Å². The number of nitrogens with zero attached hydrogens (tertiary/aromatic N) is 2. The Kier molecular flexibility index (Phi) is 6.97. The van der Waals surface area contributed by atoms with Gasteiger partial charge in [0.2, 0.25) is 0 Å². The number of nitrogens with one attached hydrogen (secondary N) is 2. The van der Waals surface area contributed by atoms with Gasteiger partial charge in [0.25, 0.3) is 11.7 Å². The first-order valence-electron chi connectivity index (χ1n) is 8.47. The highest BCUT2D eigenvalue weighted by molar-refractivity contribution is 6.32. The number of allylic oxidation sites excluding steroid dienone is 1. The lowest BCUT2D eigenvalue weighted by molar-refractivity contribution is -0.519. The van der Waals surface area contributed by atoms with Crippen LogP contribution in [0.2, 0.25) is 0 Å². The summed E-state index contributed by atoms with van der Waals surface area (Å²) in [5.74, 6) is 0. The standard InChI is InChI=1S/C16H21ClN6O6/c17-9-8-16(19,13(22(26)27)7-12(9)21-4-6-25)14-10(18)1-2-11(20-3-5-24)15(14)23(28)29/h1-2,7-8,13,20-21,24-25H,3-6,18-19H2. The first-order valence-corrected chi connectivity index (χ1v) is 8.84. The molecule has 0 saturated carbocycles. The Hall–Kier alpha value is -2.93. The van der Waals surface area contributed by atoms with Gasteiger partial charge in [0.1, 0.15) is 11.2 Å². The van der Waals surface area contributed by atoms with Gasteiger partial charge < -0.3 is 32.3 Å². The minimum Gasteiger partial charge on any atom is -0.398 e. The molecular formula is C16H21ClN6O6. The number of nitrogen functional groups attached to an aromatic ring is 1. The first kappa shape index (κ1) is 22.4. The van der Waals surface area contributed by atoms with Crippen molar-refractivity contribution in [2.24, 2.45) is 5.73 Å². The molecule has 0 saturated heterocycles. The monoisotopic (exact) mass is 428 g/mol. The van der Waals surface area contributed by atoms with E-state index in [4.69, 9.17) is 33.3 Å². The van der Waals surface area contributed by atoms with Crippen molar-refractivity contribution in [3.63, 3.8) is 0 Å². The van der Waals surface area contributed by atoms with E-state index in [9.17, 15) is 20.2 Å². The largest absolute Gasteiger partial charge is 0.398 e. The van der Waals surface area contributed by atoms with E-state index in [1.807, 2.05) is 0 Å². The molecule has 13 heteroatoms. The Morgan fingerprint density at radius 2 is 1.79 bits per heavy atom. The van der Waals surface area contributed by atoms with E-state index in [0.29, 0.717) is 0 Å². The van der Waals surface area contributed by atoms with Crippen molar-refractivity contribution in [3.8, 4) is 0 Å². The van der Waals surface area contributed by atoms with Crippen LogP contribution in [0.3, 0.4) is 0 Å². The lowest BCUT2D eigenvalue weighted by Gasteiger charge is -2.33. The van der Waals surface area contributed by atoms with Crippen molar-refractivity contribution in [1.29, 1.82) is 0 Å². The summed E-state index contributed by atoms with van der Waals surface area (Å²) in [6.07, 6.45) is 2.27. The predicted octanol–water partition coefficient (Wildman–Crippen LogP) is -0.0174. The fourth-order valence-electron chi connectivity index (χ4n) is 3.12. The highest BCUT2D eigenvalue weighted by Gasteiger charge is 2.50. The molecule has 2 unspecified atom stereocenters. The molecule has 12 nitrogen and oxygen atoms in total. The van der Waals surface area contributed by atoms with Crippen LogP contribution in [-0.2, 0) is 5.54 Å². The van der Waals surface area contributed by atoms with Crippen LogP contribution >= 0.6 is 11.6 Å². The molecule has 0 aromatic heterocycles. The zero-order chi connectivity index (χ0) is 21.8. The summed E-state index contributed by atoms with van der Waals surface area (Å²) in [4.78, 5) is 22.2. The molecule has 1 aromatic rings. The minimum absolute atomic E-state index is 0.00197. The maximum Gasteiger partial charge on any atom is 0.300 e. The average molecular weight is 429 g/mol. The molecule has 8 N–H and O–H groups in total. The van der Waals surface area contributed by atoms with Crippen molar-refractivity contribution >= 4 is 28.7 Å². The van der Waals surface area contributed by atoms with Gasteiger partial charge in [-0.3, -0.25) is 20.2 Å². The number of aliphatic hydroxyl groups excluding tert-OH is 2. The van der Waals surface area contributed by atoms with E-state index >= 15 is 0 Å². The molecule has 0 fully saturated rings. The van der Waals surface area contributed by atoms with E-state index in [1.54, 1.807) is 0 Å². The van der Waals surface area contributed by atoms with E-state index in [0.717, 1.165) is 12.2 Å². The third kappa shape index (κ3) is 4.40. The molecular weight excluding hydrogens is 408 g/mol. The fourth-order valence-corrected chi connectivity index (χ4v) is 3.43. The van der Waals surface area contributed by atoms with Crippen molar-refractivity contribution in [1.82, 2.24) is 5.32 Å². The van der Waals surface area contributed by atoms with Crippen LogP contribution in [0.4, 0.5) is 17.1 Å². The van der Waals surface area contributed by atoms with E-state index in [1.165, 1.54) is 12.1 Å². The Bertz CT molecular complexity index is 876. The number of aliphatic hydroxyl groups is 2. The lowest BCUT2D eigenvalue weighted by atomic mass is 9.78. The summed E-state index contributed by atoms with van der Waals surface area (Å²) in [5.41, 5.74) is 9.51. The minimum atomic E-state index is -2.03. The lowest BCUT2D eigenvalue weighted by Crippen LogP contribution is -2.52. The van der Waals surface area contributed by atoms with Gasteiger partial charge in [-0.25, -0.2) is 0 Å². The van der Waals surface area contributed by atoms with E-state index in [2.05, 4.69) is 10.6 Å². The third-order valence-electron chi connectivity index (χ3n) is 4.34. The highest BCUT2D eigenvalue weighted by Crippen LogP contribution is 2.44. The molecule has 158 valence electrons. The molecule has 2 rings (SSSR count).